The van der Waals surface area contributed by atoms with Gasteiger partial charge in [-0.2, -0.15) is 10.2 Å². The molecule has 0 spiro atoms. The molecule has 0 aliphatic rings. The van der Waals surface area contributed by atoms with Gasteiger partial charge in [-0.15, -0.1) is 0 Å². The van der Waals surface area contributed by atoms with Gasteiger partial charge in [0, 0.05) is 25.5 Å². The molecule has 1 N–H and O–H groups in total. The zero-order valence-electron chi connectivity index (χ0n) is 13.3. The highest BCUT2D eigenvalue weighted by Gasteiger charge is 2.22. The second kappa shape index (κ2) is 6.00. The number of methoxy groups -OCH3 is 1. The van der Waals surface area contributed by atoms with E-state index in [-0.39, 0.29) is 11.6 Å². The van der Waals surface area contributed by atoms with Gasteiger partial charge in [0.25, 0.3) is 5.91 Å². The van der Waals surface area contributed by atoms with Crippen LogP contribution >= 0.6 is 0 Å². The van der Waals surface area contributed by atoms with Gasteiger partial charge >= 0.3 is 5.97 Å². The van der Waals surface area contributed by atoms with Crippen LogP contribution in [0.5, 0.6) is 0 Å². The number of carbonyl (C=O) groups excluding carboxylic acids is 2. The summed E-state index contributed by atoms with van der Waals surface area (Å²) in [6.45, 7) is 6.03. The van der Waals surface area contributed by atoms with E-state index in [9.17, 15) is 9.59 Å². The van der Waals surface area contributed by atoms with Crippen molar-refractivity contribution in [1.82, 2.24) is 19.6 Å². The lowest BCUT2D eigenvalue weighted by Crippen LogP contribution is -2.16. The highest BCUT2D eigenvalue weighted by Crippen LogP contribution is 2.19. The smallest absolute Gasteiger partial charge is 0.360 e. The fourth-order valence-electron chi connectivity index (χ4n) is 2.21. The van der Waals surface area contributed by atoms with Crippen LogP contribution in [-0.4, -0.2) is 38.5 Å². The Morgan fingerprint density at radius 2 is 2.00 bits per heavy atom. The number of hydrogen-bond acceptors (Lipinski definition) is 5. The van der Waals surface area contributed by atoms with E-state index in [1.807, 2.05) is 13.8 Å². The van der Waals surface area contributed by atoms with Crippen molar-refractivity contribution in [2.75, 3.05) is 12.4 Å². The van der Waals surface area contributed by atoms with Crippen molar-refractivity contribution in [3.05, 3.63) is 28.8 Å². The molecule has 2 heterocycles. The van der Waals surface area contributed by atoms with E-state index in [4.69, 9.17) is 4.74 Å². The Kier molecular flexibility index (Phi) is 4.30. The summed E-state index contributed by atoms with van der Waals surface area (Å²) in [6.07, 6.45) is 1.60. The Bertz CT molecular complexity index is 729. The highest BCUT2D eigenvalue weighted by atomic mass is 16.5. The van der Waals surface area contributed by atoms with E-state index in [2.05, 4.69) is 15.5 Å². The Morgan fingerprint density at radius 1 is 1.32 bits per heavy atom. The summed E-state index contributed by atoms with van der Waals surface area (Å²) in [6, 6.07) is 0. The third-order valence-electron chi connectivity index (χ3n) is 3.45. The molecule has 0 radical (unpaired) electrons. The normalized spacial score (nSPS) is 10.6. The van der Waals surface area contributed by atoms with Gasteiger partial charge in [-0.25, -0.2) is 4.79 Å². The second-order valence-corrected chi connectivity index (χ2v) is 4.86. The molecule has 0 aliphatic heterocycles. The van der Waals surface area contributed by atoms with Crippen molar-refractivity contribution in [3.8, 4) is 0 Å². The van der Waals surface area contributed by atoms with E-state index in [1.165, 1.54) is 7.11 Å². The molecule has 2 rings (SSSR count). The molecule has 0 bridgehead atoms. The van der Waals surface area contributed by atoms with Gasteiger partial charge in [-0.3, -0.25) is 14.2 Å². The minimum atomic E-state index is -0.595. The zero-order valence-corrected chi connectivity index (χ0v) is 13.3. The largest absolute Gasteiger partial charge is 0.464 e. The van der Waals surface area contributed by atoms with Crippen molar-refractivity contribution in [2.45, 2.75) is 27.3 Å². The summed E-state index contributed by atoms with van der Waals surface area (Å²) in [5.41, 5.74) is 2.26. The number of ether oxygens (including phenoxy) is 1. The monoisotopic (exact) mass is 305 g/mol. The third-order valence-corrected chi connectivity index (χ3v) is 3.45. The molecule has 22 heavy (non-hydrogen) atoms. The van der Waals surface area contributed by atoms with Gasteiger partial charge in [0.1, 0.15) is 0 Å². The number of rotatable bonds is 4. The average molecular weight is 305 g/mol. The summed E-state index contributed by atoms with van der Waals surface area (Å²) in [5, 5.41) is 11.0. The zero-order chi connectivity index (χ0) is 16.4. The van der Waals surface area contributed by atoms with Crippen LogP contribution in [0.25, 0.3) is 0 Å². The Morgan fingerprint density at radius 3 is 2.50 bits per heavy atom. The van der Waals surface area contributed by atoms with Crippen LogP contribution in [0.1, 0.15) is 39.2 Å². The maximum atomic E-state index is 12.5. The number of esters is 1. The lowest BCUT2D eigenvalue weighted by atomic mass is 10.2. The standard InChI is InChI=1S/C14H19N5O3/c1-6-19-7-10(12(17-19)14(21)22-5)15-13(20)11-8(2)16-18(4)9(11)3/h7H,6H2,1-5H3,(H,15,20). The average Bonchev–Trinajstić information content (AvgIpc) is 2.99. The van der Waals surface area contributed by atoms with E-state index in [0.29, 0.717) is 23.5 Å². The summed E-state index contributed by atoms with van der Waals surface area (Å²) in [5.74, 6) is -0.925. The molecule has 0 fully saturated rings. The van der Waals surface area contributed by atoms with E-state index in [0.717, 1.165) is 5.69 Å². The van der Waals surface area contributed by atoms with E-state index >= 15 is 0 Å². The lowest BCUT2D eigenvalue weighted by molar-refractivity contribution is 0.0594. The predicted octanol–water partition coefficient (Wildman–Crippen LogP) is 1.29. The van der Waals surface area contributed by atoms with Crippen LogP contribution in [0, 0.1) is 13.8 Å². The van der Waals surface area contributed by atoms with Gasteiger partial charge in [-0.05, 0) is 20.8 Å². The Labute approximate surface area is 128 Å². The molecule has 0 aromatic carbocycles. The van der Waals surface area contributed by atoms with Gasteiger partial charge < -0.3 is 10.1 Å². The summed E-state index contributed by atoms with van der Waals surface area (Å²) < 4.78 is 7.89. The number of anilines is 1. The highest BCUT2D eigenvalue weighted by molar-refractivity contribution is 6.08. The molecule has 8 heteroatoms. The van der Waals surface area contributed by atoms with Crippen LogP contribution < -0.4 is 5.32 Å². The summed E-state index contributed by atoms with van der Waals surface area (Å²) >= 11 is 0. The molecule has 0 saturated heterocycles. The molecule has 8 nitrogen and oxygen atoms in total. The number of carbonyl (C=O) groups is 2. The Balaban J connectivity index is 2.36. The van der Waals surface area contributed by atoms with Gasteiger partial charge in [-0.1, -0.05) is 0 Å². The molecular formula is C14H19N5O3. The first-order valence-electron chi connectivity index (χ1n) is 6.86. The minimum Gasteiger partial charge on any atom is -0.464 e. The molecule has 0 saturated carbocycles. The first-order chi connectivity index (χ1) is 10.4. The molecule has 2 aromatic rings. The van der Waals surface area contributed by atoms with Crippen molar-refractivity contribution in [1.29, 1.82) is 0 Å². The van der Waals surface area contributed by atoms with Crippen LogP contribution in [0.4, 0.5) is 5.69 Å². The fraction of sp³-hybridized carbons (Fsp3) is 0.429. The maximum absolute atomic E-state index is 12.5. The second-order valence-electron chi connectivity index (χ2n) is 4.86. The van der Waals surface area contributed by atoms with Crippen molar-refractivity contribution in [3.63, 3.8) is 0 Å². The first kappa shape index (κ1) is 15.7. The number of aromatic nitrogens is 4. The molecule has 1 amide bonds. The number of nitrogens with zero attached hydrogens (tertiary/aromatic N) is 4. The van der Waals surface area contributed by atoms with Crippen LogP contribution in [0.15, 0.2) is 6.20 Å². The lowest BCUT2D eigenvalue weighted by Gasteiger charge is -2.05. The predicted molar refractivity (Wildman–Crippen MR) is 79.9 cm³/mol. The fourth-order valence-corrected chi connectivity index (χ4v) is 2.21. The molecule has 2 aromatic heterocycles. The summed E-state index contributed by atoms with van der Waals surface area (Å²) in [4.78, 5) is 24.2. The van der Waals surface area contributed by atoms with E-state index in [1.54, 1.807) is 29.5 Å². The van der Waals surface area contributed by atoms with Crippen LogP contribution in [0.3, 0.4) is 0 Å². The van der Waals surface area contributed by atoms with Crippen molar-refractivity contribution < 1.29 is 14.3 Å². The molecule has 0 aliphatic carbocycles. The number of hydrogen-bond donors (Lipinski definition) is 1. The van der Waals surface area contributed by atoms with Gasteiger partial charge in [0.15, 0.2) is 5.69 Å². The Hall–Kier alpha value is -2.64. The molecule has 0 unspecified atom stereocenters. The molecule has 0 atom stereocenters. The maximum Gasteiger partial charge on any atom is 0.360 e. The van der Waals surface area contributed by atoms with Crippen molar-refractivity contribution >= 4 is 17.6 Å². The third kappa shape index (κ3) is 2.72. The van der Waals surface area contributed by atoms with Gasteiger partial charge in [0.05, 0.1) is 24.1 Å². The quantitative estimate of drug-likeness (QED) is 0.860. The minimum absolute atomic E-state index is 0.0805. The number of nitrogens with one attached hydrogen (secondary N) is 1. The van der Waals surface area contributed by atoms with Crippen molar-refractivity contribution in [2.24, 2.45) is 7.05 Å². The topological polar surface area (TPSA) is 91.0 Å². The molecule has 118 valence electrons. The molecular weight excluding hydrogens is 286 g/mol. The summed E-state index contributed by atoms with van der Waals surface area (Å²) in [7, 11) is 3.04. The SMILES string of the molecule is CCn1cc(NC(=O)c2c(C)nn(C)c2C)c(C(=O)OC)n1. The van der Waals surface area contributed by atoms with Gasteiger partial charge in [0.2, 0.25) is 0 Å². The first-order valence-corrected chi connectivity index (χ1v) is 6.86. The number of amides is 1. The van der Waals surface area contributed by atoms with E-state index < -0.39 is 5.97 Å². The number of aryl methyl sites for hydroxylation is 3. The van der Waals surface area contributed by atoms with Crippen LogP contribution in [-0.2, 0) is 18.3 Å². The van der Waals surface area contributed by atoms with Crippen LogP contribution in [0.2, 0.25) is 0 Å².